The van der Waals surface area contributed by atoms with Gasteiger partial charge in [-0.05, 0) is 60.0 Å². The summed E-state index contributed by atoms with van der Waals surface area (Å²) in [6.07, 6.45) is 3.55. The molecule has 5 nitrogen and oxygen atoms in total. The number of allylic oxidation sites excluding steroid dienone is 3. The van der Waals surface area contributed by atoms with Gasteiger partial charge in [0.25, 0.3) is 11.8 Å². The number of hydrogen-bond donors (Lipinski definition) is 2. The fourth-order valence-electron chi connectivity index (χ4n) is 5.40. The maximum absolute atomic E-state index is 14.5. The molecule has 5 rings (SSSR count). The number of nitrogens with one attached hydrogen (secondary N) is 1. The third-order valence-electron chi connectivity index (χ3n) is 6.97. The van der Waals surface area contributed by atoms with E-state index < -0.39 is 46.4 Å². The summed E-state index contributed by atoms with van der Waals surface area (Å²) < 4.78 is 28.0. The normalized spacial score (nSPS) is 23.3. The second-order valence-electron chi connectivity index (χ2n) is 8.78. The topological polar surface area (TPSA) is 69.6 Å². The van der Waals surface area contributed by atoms with Crippen molar-refractivity contribution in [3.8, 4) is 5.75 Å². The van der Waals surface area contributed by atoms with Gasteiger partial charge in [0.05, 0.1) is 17.0 Å². The van der Waals surface area contributed by atoms with E-state index in [0.717, 1.165) is 11.1 Å². The minimum absolute atomic E-state index is 0.158. The Morgan fingerprint density at radius 2 is 1.75 bits per heavy atom. The minimum atomic E-state index is -1.54. The average molecular weight is 507 g/mol. The number of carbonyl (C=O) groups is 2. The molecule has 1 saturated heterocycles. The Morgan fingerprint density at radius 1 is 1.06 bits per heavy atom. The number of carbonyl (C=O) groups excluding carboxylic acids is 2. The minimum Gasteiger partial charge on any atom is -0.505 e. The number of amides is 2. The summed E-state index contributed by atoms with van der Waals surface area (Å²) in [6.45, 7) is 3.88. The lowest BCUT2D eigenvalue weighted by Gasteiger charge is -2.43. The van der Waals surface area contributed by atoms with Gasteiger partial charge in [-0.2, -0.15) is 5.01 Å². The fraction of sp³-hybridized carbons (Fsp3) is 0.143. The van der Waals surface area contributed by atoms with Crippen LogP contribution in [0.3, 0.4) is 0 Å². The van der Waals surface area contributed by atoms with Crippen molar-refractivity contribution in [2.75, 3.05) is 5.43 Å². The van der Waals surface area contributed by atoms with Crippen LogP contribution in [0.4, 0.5) is 14.5 Å². The first kappa shape index (κ1) is 23.8. The molecular weight excluding hydrogens is 486 g/mol. The molecule has 3 atom stereocenters. The number of anilines is 1. The first-order valence-electron chi connectivity index (χ1n) is 11.3. The molecule has 36 heavy (non-hydrogen) atoms. The van der Waals surface area contributed by atoms with Crippen molar-refractivity contribution in [3.05, 3.63) is 119 Å². The van der Waals surface area contributed by atoms with Gasteiger partial charge >= 0.3 is 0 Å². The number of benzene rings is 3. The molecule has 0 unspecified atom stereocenters. The smallest absolute Gasteiger partial charge is 0.260 e. The Balaban J connectivity index is 1.75. The number of aromatic hydroxyl groups is 1. The predicted molar refractivity (Wildman–Crippen MR) is 132 cm³/mol. The summed E-state index contributed by atoms with van der Waals surface area (Å²) in [5, 5.41) is 12.1. The lowest BCUT2D eigenvalue weighted by atomic mass is 9.56. The first-order valence-corrected chi connectivity index (χ1v) is 11.6. The average Bonchev–Trinajstić information content (AvgIpc) is 3.09. The zero-order valence-corrected chi connectivity index (χ0v) is 19.7. The van der Waals surface area contributed by atoms with Crippen molar-refractivity contribution < 1.29 is 23.5 Å². The number of phenolic OH excluding ortho intramolecular Hbond substituents is 1. The van der Waals surface area contributed by atoms with Gasteiger partial charge in [0.1, 0.15) is 5.82 Å². The zero-order chi connectivity index (χ0) is 25.6. The van der Waals surface area contributed by atoms with Gasteiger partial charge in [-0.1, -0.05) is 54.6 Å². The molecule has 1 heterocycles. The van der Waals surface area contributed by atoms with Crippen LogP contribution in [0.25, 0.3) is 0 Å². The lowest BCUT2D eigenvalue weighted by Crippen LogP contribution is -2.48. The Hall–Kier alpha value is -3.97. The van der Waals surface area contributed by atoms with E-state index in [0.29, 0.717) is 21.8 Å². The van der Waals surface area contributed by atoms with Crippen LogP contribution in [0, 0.1) is 17.6 Å². The molecule has 8 heteroatoms. The molecule has 2 aliphatic rings. The van der Waals surface area contributed by atoms with Crippen LogP contribution in [-0.2, 0) is 15.0 Å². The quantitative estimate of drug-likeness (QED) is 0.424. The number of hydrazine groups is 1. The third-order valence-corrected chi connectivity index (χ3v) is 7.23. The molecule has 0 spiro atoms. The van der Waals surface area contributed by atoms with Crippen molar-refractivity contribution in [2.45, 2.75) is 17.8 Å². The summed E-state index contributed by atoms with van der Waals surface area (Å²) in [4.78, 5) is 28.1. The summed E-state index contributed by atoms with van der Waals surface area (Å²) in [6, 6.07) is 15.9. The van der Waals surface area contributed by atoms with Gasteiger partial charge in [0, 0.05) is 16.5 Å². The van der Waals surface area contributed by atoms with Crippen LogP contribution in [0.5, 0.6) is 5.75 Å². The number of halogens is 3. The zero-order valence-electron chi connectivity index (χ0n) is 18.9. The molecule has 0 saturated carbocycles. The van der Waals surface area contributed by atoms with Crippen LogP contribution >= 0.6 is 11.6 Å². The van der Waals surface area contributed by atoms with Crippen molar-refractivity contribution in [1.29, 1.82) is 0 Å². The fourth-order valence-corrected chi connectivity index (χ4v) is 5.52. The molecule has 3 aromatic rings. The summed E-state index contributed by atoms with van der Waals surface area (Å²) in [7, 11) is 0. The number of para-hydroxylation sites is 1. The van der Waals surface area contributed by atoms with Crippen LogP contribution in [-0.4, -0.2) is 21.9 Å². The van der Waals surface area contributed by atoms with Crippen LogP contribution in [0.2, 0.25) is 5.02 Å². The van der Waals surface area contributed by atoms with Crippen molar-refractivity contribution >= 4 is 29.1 Å². The molecular formula is C28H21ClF2N2O3. The van der Waals surface area contributed by atoms with E-state index in [4.69, 9.17) is 11.6 Å². The number of nitrogens with zero attached hydrogens (tertiary/aromatic N) is 1. The second-order valence-corrected chi connectivity index (χ2v) is 9.22. The number of imide groups is 1. The van der Waals surface area contributed by atoms with Crippen molar-refractivity contribution in [3.63, 3.8) is 0 Å². The predicted octanol–water partition coefficient (Wildman–Crippen LogP) is 5.87. The Kier molecular flexibility index (Phi) is 5.88. The van der Waals surface area contributed by atoms with Gasteiger partial charge < -0.3 is 5.11 Å². The standard InChI is InChI=1S/C28H21ClF2N2O3/c1-2-16-6-15-22-26(35)33(32-20-13-11-19(30)12-14-20)27(36)28(22,17-7-9-18(29)10-8-17)24(16)21-4-3-5-23(31)25(21)34/h2-14,22,24,32,34H,1,15H2/t22-,24+,28+/m0/s1. The van der Waals surface area contributed by atoms with E-state index in [9.17, 15) is 23.5 Å². The molecule has 2 N–H and O–H groups in total. The second kappa shape index (κ2) is 8.91. The van der Waals surface area contributed by atoms with Gasteiger partial charge in [0.2, 0.25) is 0 Å². The van der Waals surface area contributed by atoms with E-state index in [1.807, 2.05) is 0 Å². The molecule has 0 radical (unpaired) electrons. The van der Waals surface area contributed by atoms with Crippen molar-refractivity contribution in [1.82, 2.24) is 5.01 Å². The van der Waals surface area contributed by atoms with Gasteiger partial charge in [0.15, 0.2) is 11.6 Å². The first-order chi connectivity index (χ1) is 17.3. The van der Waals surface area contributed by atoms with Crippen LogP contribution in [0.15, 0.2) is 91.0 Å². The van der Waals surface area contributed by atoms with Crippen LogP contribution in [0.1, 0.15) is 23.5 Å². The van der Waals surface area contributed by atoms with Gasteiger partial charge in [-0.25, -0.2) is 8.78 Å². The molecule has 182 valence electrons. The van der Waals surface area contributed by atoms with Crippen LogP contribution < -0.4 is 5.43 Å². The summed E-state index contributed by atoms with van der Waals surface area (Å²) in [5.41, 5.74) is 2.83. The molecule has 0 bridgehead atoms. The van der Waals surface area contributed by atoms with E-state index >= 15 is 0 Å². The highest BCUT2D eigenvalue weighted by Crippen LogP contribution is 2.58. The number of phenols is 1. The number of rotatable bonds is 5. The van der Waals surface area contributed by atoms with E-state index in [2.05, 4.69) is 12.0 Å². The van der Waals surface area contributed by atoms with Gasteiger partial charge in [-0.15, -0.1) is 0 Å². The molecule has 1 aliphatic heterocycles. The molecule has 1 fully saturated rings. The highest BCUT2D eigenvalue weighted by Gasteiger charge is 2.66. The largest absolute Gasteiger partial charge is 0.505 e. The van der Waals surface area contributed by atoms with E-state index in [-0.39, 0.29) is 12.0 Å². The monoisotopic (exact) mass is 506 g/mol. The highest BCUT2D eigenvalue weighted by molar-refractivity contribution is 6.30. The Labute approximate surface area is 211 Å². The highest BCUT2D eigenvalue weighted by atomic mass is 35.5. The van der Waals surface area contributed by atoms with E-state index in [1.54, 1.807) is 36.4 Å². The number of hydrogen-bond acceptors (Lipinski definition) is 4. The van der Waals surface area contributed by atoms with E-state index in [1.165, 1.54) is 36.4 Å². The number of fused-ring (bicyclic) bond motifs is 1. The molecule has 1 aliphatic carbocycles. The van der Waals surface area contributed by atoms with Crippen molar-refractivity contribution in [2.24, 2.45) is 5.92 Å². The molecule has 0 aromatic heterocycles. The summed E-state index contributed by atoms with van der Waals surface area (Å²) in [5.74, 6) is -4.81. The Bertz CT molecular complexity index is 1410. The maximum atomic E-state index is 14.5. The summed E-state index contributed by atoms with van der Waals surface area (Å²) >= 11 is 6.14. The van der Waals surface area contributed by atoms with Gasteiger partial charge in [-0.3, -0.25) is 15.0 Å². The molecule has 2 amide bonds. The molecule has 3 aromatic carbocycles. The lowest BCUT2D eigenvalue weighted by molar-refractivity contribution is -0.138. The Morgan fingerprint density at radius 3 is 2.42 bits per heavy atom. The third kappa shape index (κ3) is 3.50. The maximum Gasteiger partial charge on any atom is 0.260 e. The SMILES string of the molecule is C=CC1=CC[C@H]2C(=O)N(Nc3ccc(F)cc3)C(=O)[C@@]2(c2ccc(Cl)cc2)[C@H]1c1cccc(F)c1O.